The Morgan fingerprint density at radius 3 is 2.48 bits per heavy atom. The number of hydrogen-bond donors (Lipinski definition) is 1. The Labute approximate surface area is 194 Å². The number of amides is 1. The summed E-state index contributed by atoms with van der Waals surface area (Å²) in [5, 5.41) is 4.68. The number of anilines is 1. The largest absolute Gasteiger partial charge is 0.374 e. The van der Waals surface area contributed by atoms with Crippen molar-refractivity contribution in [2.45, 2.75) is 59.1 Å². The lowest BCUT2D eigenvalue weighted by Crippen LogP contribution is -2.35. The minimum Gasteiger partial charge on any atom is -0.374 e. The van der Waals surface area contributed by atoms with Gasteiger partial charge in [0, 0.05) is 36.7 Å². The molecule has 8 heteroatoms. The van der Waals surface area contributed by atoms with Gasteiger partial charge in [-0.05, 0) is 38.0 Å². The van der Waals surface area contributed by atoms with Crippen LogP contribution in [0.2, 0.25) is 10.0 Å². The average molecular weight is 465 g/mol. The van der Waals surface area contributed by atoms with Crippen molar-refractivity contribution in [1.82, 2.24) is 14.9 Å². The SMILES string of the molecule is CCO[C@@H]1CN(C(=O)CC)C[C@@H]1Nc1nc(CC)c(-c2ccc(Cl)cc2Cl)nc1CC. The van der Waals surface area contributed by atoms with Crippen molar-refractivity contribution in [3.8, 4) is 11.3 Å². The van der Waals surface area contributed by atoms with Gasteiger partial charge in [0.15, 0.2) is 0 Å². The first-order chi connectivity index (χ1) is 14.9. The van der Waals surface area contributed by atoms with E-state index in [9.17, 15) is 4.79 Å². The van der Waals surface area contributed by atoms with E-state index in [0.29, 0.717) is 49.0 Å². The number of carbonyl (C=O) groups is 1. The molecule has 31 heavy (non-hydrogen) atoms. The number of carbonyl (C=O) groups excluding carboxylic acids is 1. The highest BCUT2D eigenvalue weighted by Gasteiger charge is 2.36. The second-order valence-corrected chi connectivity index (χ2v) is 8.39. The van der Waals surface area contributed by atoms with Gasteiger partial charge < -0.3 is 15.0 Å². The highest BCUT2D eigenvalue weighted by molar-refractivity contribution is 6.36. The predicted molar refractivity (Wildman–Crippen MR) is 126 cm³/mol. The van der Waals surface area contributed by atoms with Crippen LogP contribution in [0.1, 0.15) is 45.5 Å². The normalized spacial score (nSPS) is 18.5. The van der Waals surface area contributed by atoms with Crippen molar-refractivity contribution < 1.29 is 9.53 Å². The van der Waals surface area contributed by atoms with Crippen LogP contribution in [0, 0.1) is 0 Å². The molecule has 1 aromatic carbocycles. The predicted octanol–water partition coefficient (Wildman–Crippen LogP) is 5.01. The summed E-state index contributed by atoms with van der Waals surface area (Å²) in [6, 6.07) is 5.38. The summed E-state index contributed by atoms with van der Waals surface area (Å²) in [5.41, 5.74) is 3.32. The molecule has 0 bridgehead atoms. The molecule has 168 valence electrons. The van der Waals surface area contributed by atoms with E-state index in [1.54, 1.807) is 6.07 Å². The zero-order valence-electron chi connectivity index (χ0n) is 18.5. The third-order valence-corrected chi connectivity index (χ3v) is 6.07. The monoisotopic (exact) mass is 464 g/mol. The van der Waals surface area contributed by atoms with Crippen LogP contribution in [0.15, 0.2) is 18.2 Å². The van der Waals surface area contributed by atoms with Gasteiger partial charge in [0.05, 0.1) is 34.3 Å². The number of nitrogens with zero attached hydrogens (tertiary/aromatic N) is 3. The number of rotatable bonds is 8. The molecule has 1 N–H and O–H groups in total. The Morgan fingerprint density at radius 2 is 1.87 bits per heavy atom. The third kappa shape index (κ3) is 5.30. The lowest BCUT2D eigenvalue weighted by molar-refractivity contribution is -0.130. The van der Waals surface area contributed by atoms with Gasteiger partial charge in [0.25, 0.3) is 0 Å². The first kappa shape index (κ1) is 23.8. The minimum atomic E-state index is -0.0810. The lowest BCUT2D eigenvalue weighted by Gasteiger charge is -2.22. The Balaban J connectivity index is 1.95. The Hall–Kier alpha value is -1.89. The van der Waals surface area contributed by atoms with Crippen molar-refractivity contribution in [2.24, 2.45) is 0 Å². The van der Waals surface area contributed by atoms with Crippen molar-refractivity contribution in [3.05, 3.63) is 39.6 Å². The first-order valence-electron chi connectivity index (χ1n) is 10.9. The fourth-order valence-corrected chi connectivity index (χ4v) is 4.41. The quantitative estimate of drug-likeness (QED) is 0.594. The zero-order chi connectivity index (χ0) is 22.5. The summed E-state index contributed by atoms with van der Waals surface area (Å²) in [7, 11) is 0. The maximum atomic E-state index is 12.2. The second-order valence-electron chi connectivity index (χ2n) is 7.54. The molecule has 0 saturated carbocycles. The third-order valence-electron chi connectivity index (χ3n) is 5.52. The van der Waals surface area contributed by atoms with Crippen LogP contribution in [0.25, 0.3) is 11.3 Å². The number of halogens is 2. The molecule has 3 rings (SSSR count). The van der Waals surface area contributed by atoms with Crippen molar-refractivity contribution in [2.75, 3.05) is 25.0 Å². The van der Waals surface area contributed by atoms with Gasteiger partial charge >= 0.3 is 0 Å². The number of hydrogen-bond acceptors (Lipinski definition) is 5. The number of likely N-dealkylation sites (tertiary alicyclic amines) is 1. The summed E-state index contributed by atoms with van der Waals surface area (Å²) in [4.78, 5) is 24.0. The standard InChI is InChI=1S/C23H30Cl2N4O2/c1-5-17-22(15-10-9-14(24)11-16(15)25)26-18(6-2)23(27-17)28-19-12-29(21(30)7-3)13-20(19)31-8-4/h9-11,19-20H,5-8,12-13H2,1-4H3,(H,27,28)/t19-,20+/m0/s1. The summed E-state index contributed by atoms with van der Waals surface area (Å²) < 4.78 is 5.93. The lowest BCUT2D eigenvalue weighted by atomic mass is 10.1. The van der Waals surface area contributed by atoms with Gasteiger partial charge in [-0.2, -0.15) is 0 Å². The second kappa shape index (κ2) is 10.6. The van der Waals surface area contributed by atoms with Gasteiger partial charge in [0.1, 0.15) is 5.82 Å². The van der Waals surface area contributed by atoms with Gasteiger partial charge in [0.2, 0.25) is 5.91 Å². The number of aryl methyl sites for hydroxylation is 2. The van der Waals surface area contributed by atoms with Crippen molar-refractivity contribution >= 4 is 34.9 Å². The molecule has 2 heterocycles. The molecule has 2 aromatic rings. The molecule has 0 spiro atoms. The Morgan fingerprint density at radius 1 is 1.13 bits per heavy atom. The molecule has 1 aliphatic heterocycles. The van der Waals surface area contributed by atoms with E-state index >= 15 is 0 Å². The van der Waals surface area contributed by atoms with Crippen LogP contribution in [0.5, 0.6) is 0 Å². The molecule has 1 saturated heterocycles. The highest BCUT2D eigenvalue weighted by Crippen LogP contribution is 2.33. The van der Waals surface area contributed by atoms with Gasteiger partial charge in [-0.25, -0.2) is 9.97 Å². The van der Waals surface area contributed by atoms with E-state index in [0.717, 1.165) is 28.5 Å². The maximum absolute atomic E-state index is 12.2. The molecule has 0 radical (unpaired) electrons. The van der Waals surface area contributed by atoms with Gasteiger partial charge in [-0.1, -0.05) is 44.0 Å². The van der Waals surface area contributed by atoms with E-state index in [2.05, 4.69) is 12.2 Å². The summed E-state index contributed by atoms with van der Waals surface area (Å²) in [6.45, 7) is 9.73. The van der Waals surface area contributed by atoms with Crippen LogP contribution in [-0.4, -0.2) is 52.6 Å². The van der Waals surface area contributed by atoms with E-state index in [-0.39, 0.29) is 18.1 Å². The van der Waals surface area contributed by atoms with Crippen LogP contribution < -0.4 is 5.32 Å². The Bertz CT molecular complexity index is 938. The molecule has 0 unspecified atom stereocenters. The van der Waals surface area contributed by atoms with E-state index in [1.165, 1.54) is 0 Å². The van der Waals surface area contributed by atoms with Crippen molar-refractivity contribution in [1.29, 1.82) is 0 Å². The number of aromatic nitrogens is 2. The summed E-state index contributed by atoms with van der Waals surface area (Å²) >= 11 is 12.5. The number of benzene rings is 1. The van der Waals surface area contributed by atoms with E-state index < -0.39 is 0 Å². The summed E-state index contributed by atoms with van der Waals surface area (Å²) in [6.07, 6.45) is 1.82. The number of nitrogens with one attached hydrogen (secondary N) is 1. The zero-order valence-corrected chi connectivity index (χ0v) is 20.1. The molecule has 1 fully saturated rings. The smallest absolute Gasteiger partial charge is 0.222 e. The van der Waals surface area contributed by atoms with Crippen molar-refractivity contribution in [3.63, 3.8) is 0 Å². The number of ether oxygens (including phenoxy) is 1. The fraction of sp³-hybridized carbons (Fsp3) is 0.522. The minimum absolute atomic E-state index is 0.0373. The summed E-state index contributed by atoms with van der Waals surface area (Å²) in [5.74, 6) is 0.881. The molecule has 2 atom stereocenters. The highest BCUT2D eigenvalue weighted by atomic mass is 35.5. The molecule has 6 nitrogen and oxygen atoms in total. The fourth-order valence-electron chi connectivity index (χ4n) is 3.91. The van der Waals surface area contributed by atoms with Crippen LogP contribution in [0.4, 0.5) is 5.82 Å². The van der Waals surface area contributed by atoms with E-state index in [4.69, 9.17) is 37.9 Å². The van der Waals surface area contributed by atoms with Gasteiger partial charge in [-0.3, -0.25) is 4.79 Å². The Kier molecular flexibility index (Phi) is 8.14. The van der Waals surface area contributed by atoms with E-state index in [1.807, 2.05) is 37.8 Å². The topological polar surface area (TPSA) is 67.3 Å². The molecule has 1 amide bonds. The molecule has 1 aliphatic rings. The maximum Gasteiger partial charge on any atom is 0.222 e. The van der Waals surface area contributed by atoms with Crippen LogP contribution >= 0.6 is 23.2 Å². The first-order valence-corrected chi connectivity index (χ1v) is 11.7. The molecular formula is C23H30Cl2N4O2. The average Bonchev–Trinajstić information content (AvgIpc) is 3.15. The molecular weight excluding hydrogens is 435 g/mol. The van der Waals surface area contributed by atoms with Gasteiger partial charge in [-0.15, -0.1) is 0 Å². The molecule has 0 aliphatic carbocycles. The van der Waals surface area contributed by atoms with Crippen LogP contribution in [0.3, 0.4) is 0 Å². The van der Waals surface area contributed by atoms with Crippen LogP contribution in [-0.2, 0) is 22.4 Å². The molecule has 1 aromatic heterocycles.